The van der Waals surface area contributed by atoms with Crippen LogP contribution in [-0.4, -0.2) is 17.8 Å². The number of halogens is 1. The summed E-state index contributed by atoms with van der Waals surface area (Å²) >= 11 is 6.16. The van der Waals surface area contributed by atoms with E-state index in [0.717, 1.165) is 22.4 Å². The van der Waals surface area contributed by atoms with Gasteiger partial charge in [0.15, 0.2) is 0 Å². The van der Waals surface area contributed by atoms with Crippen molar-refractivity contribution in [1.29, 1.82) is 0 Å². The van der Waals surface area contributed by atoms with E-state index in [2.05, 4.69) is 37.4 Å². The van der Waals surface area contributed by atoms with Gasteiger partial charge in [0.2, 0.25) is 0 Å². The minimum absolute atomic E-state index is 0.117. The molecule has 1 fully saturated rings. The Kier molecular flexibility index (Phi) is 6.16. The molecule has 33 heavy (non-hydrogen) atoms. The van der Waals surface area contributed by atoms with Crippen molar-refractivity contribution in [3.05, 3.63) is 105 Å². The molecule has 0 radical (unpaired) electrons. The predicted molar refractivity (Wildman–Crippen MR) is 130 cm³/mol. The number of urea groups is 1. The third-order valence-corrected chi connectivity index (χ3v) is 5.90. The number of carbonyl (C=O) groups is 3. The van der Waals surface area contributed by atoms with Gasteiger partial charge in [-0.1, -0.05) is 71.3 Å². The first kappa shape index (κ1) is 22.5. The van der Waals surface area contributed by atoms with Gasteiger partial charge in [-0.2, -0.15) is 0 Å². The summed E-state index contributed by atoms with van der Waals surface area (Å²) in [6.45, 7) is 5.98. The molecular weight excluding hydrogens is 436 g/mol. The van der Waals surface area contributed by atoms with Gasteiger partial charge in [0, 0.05) is 5.02 Å². The smallest absolute Gasteiger partial charge is 0.273 e. The van der Waals surface area contributed by atoms with Crippen LogP contribution in [0.3, 0.4) is 0 Å². The maximum absolute atomic E-state index is 13.1. The number of rotatable bonds is 4. The van der Waals surface area contributed by atoms with E-state index in [1.165, 1.54) is 28.8 Å². The fourth-order valence-electron chi connectivity index (χ4n) is 3.92. The Bertz CT molecular complexity index is 1290. The van der Waals surface area contributed by atoms with Gasteiger partial charge in [-0.25, -0.2) is 9.69 Å². The van der Waals surface area contributed by atoms with Gasteiger partial charge in [0.05, 0.1) is 5.69 Å². The minimum atomic E-state index is -0.800. The molecule has 4 amide bonds. The molecule has 3 aromatic rings. The summed E-state index contributed by atoms with van der Waals surface area (Å²) in [5, 5.41) is 2.66. The van der Waals surface area contributed by atoms with Crippen molar-refractivity contribution < 1.29 is 14.4 Å². The van der Waals surface area contributed by atoms with Crippen LogP contribution in [0.2, 0.25) is 5.02 Å². The molecule has 0 atom stereocenters. The van der Waals surface area contributed by atoms with Gasteiger partial charge in [-0.15, -0.1) is 0 Å². The van der Waals surface area contributed by atoms with Crippen LogP contribution in [0.4, 0.5) is 10.5 Å². The third-order valence-electron chi connectivity index (χ3n) is 5.50. The van der Waals surface area contributed by atoms with Gasteiger partial charge in [-0.05, 0) is 67.7 Å². The molecule has 0 unspecified atom stereocenters. The van der Waals surface area contributed by atoms with Gasteiger partial charge in [0.1, 0.15) is 5.57 Å². The summed E-state index contributed by atoms with van der Waals surface area (Å²) in [6.07, 6.45) is 2.28. The average molecular weight is 459 g/mol. The standard InChI is InChI=1S/C27H23ClN2O3/c1-16-10-17(2)12-21(11-16)13-19-5-7-20(8-6-19)14-23-25(31)29-27(33)30(26(23)32)22-9-4-18(3)24(28)15-22/h4-12,14-15H,13H2,1-3H3,(H,29,31,33)/b23-14+. The fourth-order valence-corrected chi connectivity index (χ4v) is 4.09. The monoisotopic (exact) mass is 458 g/mol. The highest BCUT2D eigenvalue weighted by Crippen LogP contribution is 2.27. The van der Waals surface area contributed by atoms with Crippen molar-refractivity contribution in [3.63, 3.8) is 0 Å². The van der Waals surface area contributed by atoms with Crippen molar-refractivity contribution in [2.45, 2.75) is 27.2 Å². The Labute approximate surface area is 197 Å². The first-order valence-electron chi connectivity index (χ1n) is 10.5. The lowest BCUT2D eigenvalue weighted by atomic mass is 9.99. The van der Waals surface area contributed by atoms with E-state index in [0.29, 0.717) is 16.3 Å². The number of carbonyl (C=O) groups excluding carboxylic acids is 3. The molecule has 4 rings (SSSR count). The number of aryl methyl sites for hydroxylation is 3. The Morgan fingerprint density at radius 3 is 2.15 bits per heavy atom. The van der Waals surface area contributed by atoms with Crippen molar-refractivity contribution in [1.82, 2.24) is 5.32 Å². The highest BCUT2D eigenvalue weighted by Gasteiger charge is 2.36. The van der Waals surface area contributed by atoms with E-state index in [1.54, 1.807) is 12.1 Å². The molecule has 5 nitrogen and oxygen atoms in total. The van der Waals surface area contributed by atoms with E-state index < -0.39 is 17.8 Å². The topological polar surface area (TPSA) is 66.5 Å². The third kappa shape index (κ3) is 4.89. The number of hydrogen-bond donors (Lipinski definition) is 1. The van der Waals surface area contributed by atoms with Crippen LogP contribution in [0.1, 0.15) is 33.4 Å². The zero-order chi connectivity index (χ0) is 23.7. The highest BCUT2D eigenvalue weighted by atomic mass is 35.5. The Morgan fingerprint density at radius 2 is 1.52 bits per heavy atom. The summed E-state index contributed by atoms with van der Waals surface area (Å²) in [5.41, 5.74) is 6.49. The molecule has 1 saturated heterocycles. The number of hydrogen-bond acceptors (Lipinski definition) is 3. The van der Waals surface area contributed by atoms with Gasteiger partial charge in [0.25, 0.3) is 11.8 Å². The number of amides is 4. The zero-order valence-electron chi connectivity index (χ0n) is 18.6. The lowest BCUT2D eigenvalue weighted by Crippen LogP contribution is -2.54. The largest absolute Gasteiger partial charge is 0.335 e. The van der Waals surface area contributed by atoms with Gasteiger partial charge >= 0.3 is 6.03 Å². The Morgan fingerprint density at radius 1 is 0.848 bits per heavy atom. The first-order valence-corrected chi connectivity index (χ1v) is 10.9. The summed E-state index contributed by atoms with van der Waals surface area (Å²) in [7, 11) is 0. The van der Waals surface area contributed by atoms with Crippen LogP contribution in [-0.2, 0) is 16.0 Å². The maximum atomic E-state index is 13.1. The molecular formula is C27H23ClN2O3. The normalized spacial score (nSPS) is 15.2. The predicted octanol–water partition coefficient (Wildman–Crippen LogP) is 5.52. The SMILES string of the molecule is Cc1cc(C)cc(Cc2ccc(/C=C3\C(=O)NC(=O)N(c4ccc(C)c(Cl)c4)C3=O)cc2)c1. The molecule has 1 aliphatic heterocycles. The molecule has 0 bridgehead atoms. The number of benzene rings is 3. The molecule has 1 N–H and O–H groups in total. The summed E-state index contributed by atoms with van der Waals surface area (Å²) in [6, 6.07) is 18.2. The summed E-state index contributed by atoms with van der Waals surface area (Å²) < 4.78 is 0. The molecule has 6 heteroatoms. The van der Waals surface area contributed by atoms with Crippen molar-refractivity contribution in [2.75, 3.05) is 4.90 Å². The van der Waals surface area contributed by atoms with Crippen LogP contribution in [0, 0.1) is 20.8 Å². The number of anilines is 1. The highest BCUT2D eigenvalue weighted by molar-refractivity contribution is 6.39. The van der Waals surface area contributed by atoms with Crippen molar-refractivity contribution >= 4 is 41.2 Å². The first-order chi connectivity index (χ1) is 15.7. The molecule has 0 spiro atoms. The van der Waals surface area contributed by atoms with Crippen LogP contribution in [0.15, 0.2) is 66.2 Å². The van der Waals surface area contributed by atoms with E-state index in [4.69, 9.17) is 11.6 Å². The number of nitrogens with one attached hydrogen (secondary N) is 1. The molecule has 166 valence electrons. The lowest BCUT2D eigenvalue weighted by Gasteiger charge is -2.26. The van der Waals surface area contributed by atoms with Crippen molar-refractivity contribution in [2.24, 2.45) is 0 Å². The van der Waals surface area contributed by atoms with Gasteiger partial charge < -0.3 is 0 Å². The second-order valence-corrected chi connectivity index (χ2v) is 8.71. The Hall–Kier alpha value is -3.70. The summed E-state index contributed by atoms with van der Waals surface area (Å²) in [5.74, 6) is -1.42. The fraction of sp³-hybridized carbons (Fsp3) is 0.148. The van der Waals surface area contributed by atoms with E-state index >= 15 is 0 Å². The number of nitrogens with zero attached hydrogens (tertiary/aromatic N) is 1. The number of imide groups is 2. The van der Waals surface area contributed by atoms with Crippen molar-refractivity contribution in [3.8, 4) is 0 Å². The van der Waals surface area contributed by atoms with Crippen LogP contribution in [0.5, 0.6) is 0 Å². The van der Waals surface area contributed by atoms with E-state index in [1.807, 2.05) is 31.2 Å². The van der Waals surface area contributed by atoms with E-state index in [-0.39, 0.29) is 5.57 Å². The Balaban J connectivity index is 1.59. The van der Waals surface area contributed by atoms with Crippen LogP contribution in [0.25, 0.3) is 6.08 Å². The number of barbiturate groups is 1. The zero-order valence-corrected chi connectivity index (χ0v) is 19.4. The molecule has 0 aliphatic carbocycles. The average Bonchev–Trinajstić information content (AvgIpc) is 2.74. The van der Waals surface area contributed by atoms with E-state index in [9.17, 15) is 14.4 Å². The molecule has 0 aromatic heterocycles. The van der Waals surface area contributed by atoms with Crippen LogP contribution >= 0.6 is 11.6 Å². The van der Waals surface area contributed by atoms with Gasteiger partial charge in [-0.3, -0.25) is 14.9 Å². The molecule has 0 saturated carbocycles. The molecule has 3 aromatic carbocycles. The summed E-state index contributed by atoms with van der Waals surface area (Å²) in [4.78, 5) is 38.8. The minimum Gasteiger partial charge on any atom is -0.273 e. The lowest BCUT2D eigenvalue weighted by molar-refractivity contribution is -0.122. The van der Waals surface area contributed by atoms with Crippen LogP contribution < -0.4 is 10.2 Å². The second kappa shape index (κ2) is 9.04. The maximum Gasteiger partial charge on any atom is 0.335 e. The quantitative estimate of drug-likeness (QED) is 0.413. The molecule has 1 heterocycles. The molecule has 1 aliphatic rings. The second-order valence-electron chi connectivity index (χ2n) is 8.31.